The first-order valence-corrected chi connectivity index (χ1v) is 20.3. The smallest absolute Gasteiger partial charge is 0.186 e. The van der Waals surface area contributed by atoms with Gasteiger partial charge in [-0.2, -0.15) is 0 Å². The predicted molar refractivity (Wildman–Crippen MR) is 195 cm³/mol. The van der Waals surface area contributed by atoms with Gasteiger partial charge >= 0.3 is 0 Å². The number of carbonyl (C=O) groups is 1. The van der Waals surface area contributed by atoms with Gasteiger partial charge in [0.1, 0.15) is 48.5 Å². The topological polar surface area (TPSA) is 216 Å². The molecule has 2 aliphatic heterocycles. The van der Waals surface area contributed by atoms with Crippen LogP contribution in [0.4, 0.5) is 0 Å². The van der Waals surface area contributed by atoms with E-state index >= 15 is 0 Å². The van der Waals surface area contributed by atoms with E-state index in [1.165, 1.54) is 5.57 Å². The van der Waals surface area contributed by atoms with E-state index in [0.717, 1.165) is 32.1 Å². The highest BCUT2D eigenvalue weighted by Gasteiger charge is 2.72. The van der Waals surface area contributed by atoms with Crippen LogP contribution in [0.3, 0.4) is 0 Å². The van der Waals surface area contributed by atoms with Crippen LogP contribution >= 0.6 is 0 Å². The van der Waals surface area contributed by atoms with Crippen LogP contribution in [0.25, 0.3) is 0 Å². The van der Waals surface area contributed by atoms with Gasteiger partial charge in [0.25, 0.3) is 0 Å². The zero-order chi connectivity index (χ0) is 39.8. The van der Waals surface area contributed by atoms with Gasteiger partial charge < -0.3 is 59.8 Å². The fraction of sp³-hybridized carbons (Fsp3) is 0.927. The largest absolute Gasteiger partial charge is 0.396 e. The summed E-state index contributed by atoms with van der Waals surface area (Å²) in [6.07, 6.45) is -5.08. The molecule has 13 heteroatoms. The van der Waals surface area contributed by atoms with Crippen molar-refractivity contribution in [3.8, 4) is 0 Å². The zero-order valence-electron chi connectivity index (χ0n) is 33.3. The molecule has 6 aliphatic rings. The van der Waals surface area contributed by atoms with Crippen LogP contribution in [0.1, 0.15) is 106 Å². The molecule has 0 radical (unpaired) electrons. The zero-order valence-corrected chi connectivity index (χ0v) is 33.3. The van der Waals surface area contributed by atoms with Crippen LogP contribution in [0, 0.1) is 45.3 Å². The van der Waals surface area contributed by atoms with Gasteiger partial charge in [-0.1, -0.05) is 39.3 Å². The van der Waals surface area contributed by atoms with E-state index in [1.807, 2.05) is 20.8 Å². The molecule has 13 nitrogen and oxygen atoms in total. The van der Waals surface area contributed by atoms with Gasteiger partial charge in [0, 0.05) is 24.4 Å². The third-order valence-electron chi connectivity index (χ3n) is 15.9. The van der Waals surface area contributed by atoms with E-state index in [4.69, 9.17) is 18.9 Å². The highest BCUT2D eigenvalue weighted by atomic mass is 16.7. The van der Waals surface area contributed by atoms with Crippen molar-refractivity contribution in [2.75, 3.05) is 19.8 Å². The number of carbonyl (C=O) groups excluding carboxylic acids is 1. The third-order valence-corrected chi connectivity index (χ3v) is 15.9. The maximum absolute atomic E-state index is 14.0. The number of hydrogen-bond donors (Lipinski definition) is 8. The maximum atomic E-state index is 14.0. The van der Waals surface area contributed by atoms with Crippen molar-refractivity contribution < 1.29 is 64.6 Å². The number of rotatable bonds is 10. The lowest BCUT2D eigenvalue weighted by atomic mass is 9.35. The molecule has 0 aromatic heterocycles. The minimum atomic E-state index is -1.64. The van der Waals surface area contributed by atoms with Crippen molar-refractivity contribution in [1.82, 2.24) is 0 Å². The normalized spacial score (nSPS) is 50.0. The molecule has 2 unspecified atom stereocenters. The molecule has 2 heterocycles. The highest BCUT2D eigenvalue weighted by molar-refractivity contribution is 5.86. The van der Waals surface area contributed by atoms with Gasteiger partial charge in [-0.3, -0.25) is 4.79 Å². The van der Waals surface area contributed by atoms with Crippen molar-refractivity contribution in [2.45, 2.75) is 173 Å². The van der Waals surface area contributed by atoms with E-state index in [-0.39, 0.29) is 47.6 Å². The molecule has 4 aliphatic carbocycles. The summed E-state index contributed by atoms with van der Waals surface area (Å²) in [6, 6.07) is 0. The Hall–Kier alpha value is -1.07. The number of Topliss-reactive ketones (excluding diaryl/α,β-unsaturated/α-hetero) is 1. The Morgan fingerprint density at radius 2 is 1.56 bits per heavy atom. The molecule has 4 saturated carbocycles. The van der Waals surface area contributed by atoms with E-state index in [2.05, 4.69) is 33.8 Å². The van der Waals surface area contributed by atoms with Gasteiger partial charge in [0.05, 0.1) is 24.9 Å². The molecule has 0 aromatic carbocycles. The first kappa shape index (κ1) is 42.5. The number of hydrogen-bond acceptors (Lipinski definition) is 13. The fourth-order valence-electron chi connectivity index (χ4n) is 12.9. The van der Waals surface area contributed by atoms with Gasteiger partial charge in [0.2, 0.25) is 0 Å². The lowest BCUT2D eigenvalue weighted by molar-refractivity contribution is -0.361. The molecule has 2 saturated heterocycles. The van der Waals surface area contributed by atoms with E-state index in [0.29, 0.717) is 25.7 Å². The summed E-state index contributed by atoms with van der Waals surface area (Å²) in [5, 5.41) is 86.3. The molecule has 54 heavy (non-hydrogen) atoms. The maximum Gasteiger partial charge on any atom is 0.186 e. The van der Waals surface area contributed by atoms with Gasteiger partial charge in [-0.05, 0) is 106 Å². The molecule has 0 amide bonds. The molecule has 310 valence electrons. The van der Waals surface area contributed by atoms with Gasteiger partial charge in [0.15, 0.2) is 12.6 Å². The van der Waals surface area contributed by atoms with Crippen LogP contribution in [0.15, 0.2) is 11.6 Å². The number of allylic oxidation sites excluding steroid dienone is 2. The minimum Gasteiger partial charge on any atom is -0.396 e. The van der Waals surface area contributed by atoms with E-state index in [9.17, 15) is 45.6 Å². The molecule has 6 rings (SSSR count). The van der Waals surface area contributed by atoms with Crippen LogP contribution in [-0.2, 0) is 23.7 Å². The van der Waals surface area contributed by atoms with Crippen molar-refractivity contribution in [3.63, 3.8) is 0 Å². The van der Waals surface area contributed by atoms with E-state index < -0.39 is 90.4 Å². The Morgan fingerprint density at radius 3 is 2.20 bits per heavy atom. The molecule has 0 bridgehead atoms. The number of ketones is 1. The van der Waals surface area contributed by atoms with Crippen LogP contribution < -0.4 is 0 Å². The predicted octanol–water partition coefficient (Wildman–Crippen LogP) is 1.97. The second-order valence-corrected chi connectivity index (χ2v) is 19.4. The van der Waals surface area contributed by atoms with Crippen LogP contribution in [0.5, 0.6) is 0 Å². The summed E-state index contributed by atoms with van der Waals surface area (Å²) < 4.78 is 23.6. The Kier molecular flexibility index (Phi) is 12.0. The van der Waals surface area contributed by atoms with Crippen molar-refractivity contribution >= 4 is 5.78 Å². The standard InChI is InChI=1S/C41H68O13/c1-21(2)9-8-14-40(7,50)29-22-10-11-27-38(5,39(22,6)17-23(29)44)15-12-26-37(3,4)28(13-16-41(26,27)20-43)53-36-33(49)31(47)34(25(18-42)52-36)54-35-32(48)30(46)24(45)19-51-35/h9,22,24-36,42-43,45-50H,8,10-20H2,1-7H3/t22-,24+,25-,26+,27+,28?,29-,30+,31-,32-,33-,34-,35?,36+,38-,39-,40+,41-/m1/s1. The fourth-order valence-corrected chi connectivity index (χ4v) is 12.9. The second kappa shape index (κ2) is 15.3. The molecule has 18 atom stereocenters. The first-order valence-electron chi connectivity index (χ1n) is 20.3. The van der Waals surface area contributed by atoms with Crippen LogP contribution in [0.2, 0.25) is 0 Å². The molecule has 6 fully saturated rings. The quantitative estimate of drug-likeness (QED) is 0.118. The average Bonchev–Trinajstić information content (AvgIpc) is 3.39. The summed E-state index contributed by atoms with van der Waals surface area (Å²) in [5.41, 5.74) is -1.41. The Labute approximate surface area is 320 Å². The molecular weight excluding hydrogens is 700 g/mol. The average molecular weight is 769 g/mol. The summed E-state index contributed by atoms with van der Waals surface area (Å²) in [6.45, 7) is 13.9. The number of ether oxygens (including phenoxy) is 4. The van der Waals surface area contributed by atoms with Crippen molar-refractivity contribution in [2.24, 2.45) is 45.3 Å². The van der Waals surface area contributed by atoms with Gasteiger partial charge in [-0.25, -0.2) is 0 Å². The Bertz CT molecular complexity index is 1380. The first-order chi connectivity index (χ1) is 25.2. The van der Waals surface area contributed by atoms with Crippen molar-refractivity contribution in [3.05, 3.63) is 11.6 Å². The molecule has 0 spiro atoms. The number of aliphatic hydroxyl groups excluding tert-OH is 7. The highest BCUT2D eigenvalue weighted by Crippen LogP contribution is 2.75. The Balaban J connectivity index is 1.18. The third kappa shape index (κ3) is 6.77. The number of fused-ring (bicyclic) bond motifs is 5. The summed E-state index contributed by atoms with van der Waals surface area (Å²) in [4.78, 5) is 14.0. The molecule has 0 aromatic rings. The number of aliphatic hydroxyl groups is 8. The summed E-state index contributed by atoms with van der Waals surface area (Å²) in [7, 11) is 0. The van der Waals surface area contributed by atoms with Crippen LogP contribution in [-0.4, -0.2) is 133 Å². The lowest BCUT2D eigenvalue weighted by Gasteiger charge is -2.70. The SMILES string of the molecule is CC(C)=CCC[C@](C)(O)[C@H]1C(=O)C[C@]2(C)[C@@H]1CC[C@@H]1[C@@]3(CO)CCC(O[C@@H]4O[C@H](CO)[C@@H](OC5OC[C@H](O)[C@H](O)[C@H]5O)[C@H](O)[C@H]4O)C(C)(C)[C@@H]3CC[C@]12C. The van der Waals surface area contributed by atoms with Gasteiger partial charge in [-0.15, -0.1) is 0 Å². The minimum absolute atomic E-state index is 0.000298. The second-order valence-electron chi connectivity index (χ2n) is 19.4. The molecule has 8 N–H and O–H groups in total. The lowest BCUT2D eigenvalue weighted by Crippen LogP contribution is -2.67. The summed E-state index contributed by atoms with van der Waals surface area (Å²) >= 11 is 0. The summed E-state index contributed by atoms with van der Waals surface area (Å²) in [5.74, 6) is -0.0243. The van der Waals surface area contributed by atoms with Crippen molar-refractivity contribution in [1.29, 1.82) is 0 Å². The van der Waals surface area contributed by atoms with E-state index in [1.54, 1.807) is 0 Å². The monoisotopic (exact) mass is 768 g/mol. The molecular formula is C41H68O13. The Morgan fingerprint density at radius 1 is 0.870 bits per heavy atom.